The molecule has 4 nitrogen and oxygen atoms in total. The highest BCUT2D eigenvalue weighted by molar-refractivity contribution is 5.99. The molecular weight excluding hydrogens is 252 g/mol. The molecule has 20 heavy (non-hydrogen) atoms. The Hall–Kier alpha value is -1.55. The molecule has 1 unspecified atom stereocenters. The normalized spacial score (nSPS) is 12.9. The molecule has 0 aromatic heterocycles. The first-order valence-electron chi connectivity index (χ1n) is 6.89. The van der Waals surface area contributed by atoms with E-state index in [1.165, 1.54) is 0 Å². The summed E-state index contributed by atoms with van der Waals surface area (Å²) >= 11 is 0. The van der Waals surface area contributed by atoms with E-state index in [4.69, 9.17) is 4.74 Å². The predicted molar refractivity (Wildman–Crippen MR) is 83.2 cm³/mol. The van der Waals surface area contributed by atoms with E-state index in [0.717, 1.165) is 12.1 Å². The van der Waals surface area contributed by atoms with Crippen molar-refractivity contribution in [3.8, 4) is 0 Å². The molecule has 4 heteroatoms. The summed E-state index contributed by atoms with van der Waals surface area (Å²) in [7, 11) is 5.24. The molecule has 0 aliphatic carbocycles. The first-order valence-corrected chi connectivity index (χ1v) is 6.89. The van der Waals surface area contributed by atoms with Crippen molar-refractivity contribution < 1.29 is 9.53 Å². The minimum absolute atomic E-state index is 0.00583. The summed E-state index contributed by atoms with van der Waals surface area (Å²) in [4.78, 5) is 13.7. The van der Waals surface area contributed by atoms with Gasteiger partial charge in [0.25, 0.3) is 5.91 Å². The lowest BCUT2D eigenvalue weighted by Crippen LogP contribution is -2.32. The van der Waals surface area contributed by atoms with Gasteiger partial charge in [0.05, 0.1) is 11.2 Å². The number of ether oxygens (including phenoxy) is 1. The molecule has 0 saturated carbocycles. The van der Waals surface area contributed by atoms with Crippen LogP contribution in [0, 0.1) is 0 Å². The molecule has 1 N–H and O–H groups in total. The SMILES string of the molecule is COC(C)(C)CC(C)Nc1ccccc1C(=O)N(C)C. The van der Waals surface area contributed by atoms with Crippen LogP contribution in [-0.2, 0) is 4.74 Å². The van der Waals surface area contributed by atoms with Gasteiger partial charge in [-0.3, -0.25) is 4.79 Å². The summed E-state index contributed by atoms with van der Waals surface area (Å²) in [5.41, 5.74) is 1.37. The summed E-state index contributed by atoms with van der Waals surface area (Å²) in [6.45, 7) is 6.21. The van der Waals surface area contributed by atoms with E-state index < -0.39 is 0 Å². The highest BCUT2D eigenvalue weighted by Crippen LogP contribution is 2.21. The maximum Gasteiger partial charge on any atom is 0.255 e. The number of anilines is 1. The highest BCUT2D eigenvalue weighted by atomic mass is 16.5. The fraction of sp³-hybridized carbons (Fsp3) is 0.562. The monoisotopic (exact) mass is 278 g/mol. The Bertz CT molecular complexity index is 456. The second-order valence-electron chi connectivity index (χ2n) is 5.96. The van der Waals surface area contributed by atoms with Gasteiger partial charge < -0.3 is 15.0 Å². The number of benzene rings is 1. The van der Waals surface area contributed by atoms with E-state index in [1.807, 2.05) is 24.3 Å². The van der Waals surface area contributed by atoms with E-state index >= 15 is 0 Å². The van der Waals surface area contributed by atoms with Crippen molar-refractivity contribution in [2.45, 2.75) is 38.8 Å². The lowest BCUT2D eigenvalue weighted by atomic mass is 9.99. The van der Waals surface area contributed by atoms with Crippen molar-refractivity contribution >= 4 is 11.6 Å². The lowest BCUT2D eigenvalue weighted by Gasteiger charge is -2.28. The molecule has 1 amide bonds. The predicted octanol–water partition coefficient (Wildman–Crippen LogP) is 3.00. The van der Waals surface area contributed by atoms with Crippen LogP contribution in [-0.4, -0.2) is 43.7 Å². The van der Waals surface area contributed by atoms with Gasteiger partial charge in [-0.2, -0.15) is 0 Å². The molecule has 1 atom stereocenters. The number of amides is 1. The van der Waals surface area contributed by atoms with Crippen molar-refractivity contribution in [3.05, 3.63) is 29.8 Å². The van der Waals surface area contributed by atoms with E-state index in [9.17, 15) is 4.79 Å². The first-order chi connectivity index (χ1) is 9.26. The third kappa shape index (κ3) is 4.53. The largest absolute Gasteiger partial charge is 0.382 e. The van der Waals surface area contributed by atoms with Crippen molar-refractivity contribution in [1.82, 2.24) is 4.90 Å². The molecule has 1 aromatic rings. The minimum atomic E-state index is -0.188. The number of methoxy groups -OCH3 is 1. The van der Waals surface area contributed by atoms with Gasteiger partial charge in [0, 0.05) is 32.9 Å². The maximum atomic E-state index is 12.1. The van der Waals surface area contributed by atoms with Crippen LogP contribution in [0.2, 0.25) is 0 Å². The van der Waals surface area contributed by atoms with Gasteiger partial charge in [-0.25, -0.2) is 0 Å². The summed E-state index contributed by atoms with van der Waals surface area (Å²) in [6.07, 6.45) is 0.855. The zero-order chi connectivity index (χ0) is 15.3. The van der Waals surface area contributed by atoms with Crippen LogP contribution in [0.1, 0.15) is 37.6 Å². The van der Waals surface area contributed by atoms with E-state index in [0.29, 0.717) is 5.56 Å². The average Bonchev–Trinajstić information content (AvgIpc) is 2.37. The fourth-order valence-corrected chi connectivity index (χ4v) is 2.17. The molecule has 0 fully saturated rings. The van der Waals surface area contributed by atoms with Crippen molar-refractivity contribution in [1.29, 1.82) is 0 Å². The summed E-state index contributed by atoms with van der Waals surface area (Å²) < 4.78 is 5.45. The number of carbonyl (C=O) groups excluding carboxylic acids is 1. The Labute approximate surface area is 122 Å². The maximum absolute atomic E-state index is 12.1. The quantitative estimate of drug-likeness (QED) is 0.869. The third-order valence-electron chi connectivity index (χ3n) is 3.32. The standard InChI is InChI=1S/C16H26N2O2/c1-12(11-16(2,3)20-6)17-14-10-8-7-9-13(14)15(19)18(4)5/h7-10,12,17H,11H2,1-6H3. The molecule has 1 rings (SSSR count). The number of para-hydroxylation sites is 1. The number of nitrogens with one attached hydrogen (secondary N) is 1. The van der Waals surface area contributed by atoms with Crippen LogP contribution in [0.5, 0.6) is 0 Å². The molecule has 0 saturated heterocycles. The van der Waals surface area contributed by atoms with Gasteiger partial charge in [0.1, 0.15) is 0 Å². The molecule has 0 radical (unpaired) electrons. The Kier molecular flexibility index (Phi) is 5.57. The van der Waals surface area contributed by atoms with Gasteiger partial charge >= 0.3 is 0 Å². The molecular formula is C16H26N2O2. The van der Waals surface area contributed by atoms with Crippen LogP contribution in [0.4, 0.5) is 5.69 Å². The molecule has 0 bridgehead atoms. The van der Waals surface area contributed by atoms with Crippen molar-refractivity contribution in [2.75, 3.05) is 26.5 Å². The number of carbonyl (C=O) groups is 1. The molecule has 0 spiro atoms. The zero-order valence-electron chi connectivity index (χ0n) is 13.4. The van der Waals surface area contributed by atoms with E-state index in [2.05, 4.69) is 26.1 Å². The molecule has 0 aliphatic heterocycles. The van der Waals surface area contributed by atoms with Gasteiger partial charge in [0.15, 0.2) is 0 Å². The topological polar surface area (TPSA) is 41.6 Å². The third-order valence-corrected chi connectivity index (χ3v) is 3.32. The summed E-state index contributed by atoms with van der Waals surface area (Å²) in [6, 6.07) is 7.81. The highest BCUT2D eigenvalue weighted by Gasteiger charge is 2.21. The zero-order valence-corrected chi connectivity index (χ0v) is 13.4. The second kappa shape index (κ2) is 6.75. The van der Waals surface area contributed by atoms with Gasteiger partial charge in [-0.05, 0) is 39.3 Å². The molecule has 1 aromatic carbocycles. The molecule has 0 aliphatic rings. The van der Waals surface area contributed by atoms with Crippen LogP contribution in [0.15, 0.2) is 24.3 Å². The van der Waals surface area contributed by atoms with E-state index in [-0.39, 0.29) is 17.6 Å². The Balaban J connectivity index is 2.85. The first kappa shape index (κ1) is 16.5. The van der Waals surface area contributed by atoms with Gasteiger partial charge in [-0.15, -0.1) is 0 Å². The lowest BCUT2D eigenvalue weighted by molar-refractivity contribution is 0.0128. The minimum Gasteiger partial charge on any atom is -0.382 e. The summed E-state index contributed by atoms with van der Waals surface area (Å²) in [5, 5.41) is 3.41. The number of hydrogen-bond donors (Lipinski definition) is 1. The van der Waals surface area contributed by atoms with E-state index in [1.54, 1.807) is 26.1 Å². The van der Waals surface area contributed by atoms with Gasteiger partial charge in [-0.1, -0.05) is 12.1 Å². The van der Waals surface area contributed by atoms with Crippen LogP contribution >= 0.6 is 0 Å². The Morgan fingerprint density at radius 2 is 1.95 bits per heavy atom. The van der Waals surface area contributed by atoms with Crippen LogP contribution in [0.25, 0.3) is 0 Å². The number of hydrogen-bond acceptors (Lipinski definition) is 3. The number of rotatable bonds is 6. The average molecular weight is 278 g/mol. The van der Waals surface area contributed by atoms with Crippen LogP contribution in [0.3, 0.4) is 0 Å². The second-order valence-corrected chi connectivity index (χ2v) is 5.96. The number of nitrogens with zero attached hydrogens (tertiary/aromatic N) is 1. The van der Waals surface area contributed by atoms with Crippen molar-refractivity contribution in [3.63, 3.8) is 0 Å². The smallest absolute Gasteiger partial charge is 0.255 e. The molecule has 0 heterocycles. The van der Waals surface area contributed by atoms with Crippen LogP contribution < -0.4 is 5.32 Å². The van der Waals surface area contributed by atoms with Crippen molar-refractivity contribution in [2.24, 2.45) is 0 Å². The fourth-order valence-electron chi connectivity index (χ4n) is 2.17. The Morgan fingerprint density at radius 1 is 1.35 bits per heavy atom. The Morgan fingerprint density at radius 3 is 2.50 bits per heavy atom. The van der Waals surface area contributed by atoms with Gasteiger partial charge in [0.2, 0.25) is 0 Å². The summed E-state index contributed by atoms with van der Waals surface area (Å²) in [5.74, 6) is 0.00583. The molecule has 112 valence electrons.